The first-order chi connectivity index (χ1) is 8.58. The van der Waals surface area contributed by atoms with Crippen LogP contribution in [0.15, 0.2) is 15.9 Å². The van der Waals surface area contributed by atoms with Gasteiger partial charge in [-0.2, -0.15) is 0 Å². The molecule has 102 valence electrons. The first-order valence-electron chi connectivity index (χ1n) is 6.76. The maximum absolute atomic E-state index is 3.63. The van der Waals surface area contributed by atoms with E-state index in [9.17, 15) is 0 Å². The average Bonchev–Trinajstić information content (AvgIpc) is 2.78. The van der Waals surface area contributed by atoms with E-state index in [0.29, 0.717) is 6.04 Å². The normalized spacial score (nSPS) is 21.2. The largest absolute Gasteiger partial charge is 0.314 e. The van der Waals surface area contributed by atoms with Gasteiger partial charge in [-0.3, -0.25) is 0 Å². The number of piperidine rings is 1. The summed E-state index contributed by atoms with van der Waals surface area (Å²) in [5.74, 6) is 0. The van der Waals surface area contributed by atoms with Crippen LogP contribution in [0.3, 0.4) is 0 Å². The van der Waals surface area contributed by atoms with Gasteiger partial charge in [0.05, 0.1) is 0 Å². The Hall–Kier alpha value is 0.1000. The van der Waals surface area contributed by atoms with Gasteiger partial charge < -0.3 is 10.6 Å². The van der Waals surface area contributed by atoms with Crippen LogP contribution in [-0.2, 0) is 5.41 Å². The van der Waals surface area contributed by atoms with Crippen LogP contribution in [0.1, 0.15) is 38.0 Å². The Labute approximate surface area is 123 Å². The van der Waals surface area contributed by atoms with Crippen molar-refractivity contribution in [1.29, 1.82) is 0 Å². The number of halogens is 1. The van der Waals surface area contributed by atoms with Crippen LogP contribution in [-0.4, -0.2) is 25.7 Å². The van der Waals surface area contributed by atoms with Crippen LogP contribution in [0, 0.1) is 0 Å². The highest BCUT2D eigenvalue weighted by atomic mass is 79.9. The van der Waals surface area contributed by atoms with Crippen LogP contribution >= 0.6 is 27.3 Å². The van der Waals surface area contributed by atoms with Crippen molar-refractivity contribution in [3.8, 4) is 0 Å². The summed E-state index contributed by atoms with van der Waals surface area (Å²) >= 11 is 5.38. The van der Waals surface area contributed by atoms with Gasteiger partial charge in [-0.25, -0.2) is 0 Å². The van der Waals surface area contributed by atoms with Gasteiger partial charge in [0.15, 0.2) is 0 Å². The van der Waals surface area contributed by atoms with E-state index in [4.69, 9.17) is 0 Å². The van der Waals surface area contributed by atoms with Crippen molar-refractivity contribution in [3.63, 3.8) is 0 Å². The van der Waals surface area contributed by atoms with Gasteiger partial charge >= 0.3 is 0 Å². The summed E-state index contributed by atoms with van der Waals surface area (Å²) in [6.45, 7) is 7.95. The van der Waals surface area contributed by atoms with Crippen molar-refractivity contribution >= 4 is 27.3 Å². The van der Waals surface area contributed by atoms with Gasteiger partial charge in [0, 0.05) is 39.3 Å². The Bertz CT molecular complexity index is 370. The summed E-state index contributed by atoms with van der Waals surface area (Å²) in [6, 6.07) is 2.91. The minimum Gasteiger partial charge on any atom is -0.314 e. The molecule has 1 atom stereocenters. The lowest BCUT2D eigenvalue weighted by Crippen LogP contribution is -2.44. The first kappa shape index (κ1) is 14.5. The molecule has 18 heavy (non-hydrogen) atoms. The summed E-state index contributed by atoms with van der Waals surface area (Å²) in [5.41, 5.74) is 0.214. The molecular formula is C14H23BrN2S. The fraction of sp³-hybridized carbons (Fsp3) is 0.714. The number of nitrogens with one attached hydrogen (secondary N) is 2. The van der Waals surface area contributed by atoms with Crippen LogP contribution < -0.4 is 10.6 Å². The number of hydrogen-bond donors (Lipinski definition) is 2. The molecule has 1 aliphatic heterocycles. The molecule has 0 spiro atoms. The summed E-state index contributed by atoms with van der Waals surface area (Å²) in [4.78, 5) is 1.44. The zero-order valence-electron chi connectivity index (χ0n) is 11.3. The number of rotatable bonds is 5. The van der Waals surface area contributed by atoms with Gasteiger partial charge in [-0.1, -0.05) is 20.3 Å². The van der Waals surface area contributed by atoms with Gasteiger partial charge in [0.25, 0.3) is 0 Å². The maximum atomic E-state index is 3.63. The van der Waals surface area contributed by atoms with Crippen molar-refractivity contribution in [1.82, 2.24) is 10.6 Å². The lowest BCUT2D eigenvalue weighted by molar-refractivity contribution is 0.367. The van der Waals surface area contributed by atoms with Crippen molar-refractivity contribution in [2.45, 2.75) is 44.6 Å². The predicted molar refractivity (Wildman–Crippen MR) is 83.6 cm³/mol. The molecule has 1 saturated heterocycles. The number of thiophene rings is 1. The molecule has 2 rings (SSSR count). The summed E-state index contributed by atoms with van der Waals surface area (Å²) in [5, 5.41) is 9.38. The Morgan fingerprint density at radius 1 is 1.50 bits per heavy atom. The van der Waals surface area contributed by atoms with Gasteiger partial charge in [-0.15, -0.1) is 11.3 Å². The highest BCUT2D eigenvalue weighted by molar-refractivity contribution is 9.10. The van der Waals surface area contributed by atoms with Gasteiger partial charge in [0.1, 0.15) is 0 Å². The lowest BCUT2D eigenvalue weighted by Gasteiger charge is -2.28. The summed E-state index contributed by atoms with van der Waals surface area (Å²) in [6.07, 6.45) is 4.03. The van der Waals surface area contributed by atoms with E-state index in [1.54, 1.807) is 0 Å². The van der Waals surface area contributed by atoms with Crippen molar-refractivity contribution in [2.24, 2.45) is 0 Å². The van der Waals surface area contributed by atoms with Gasteiger partial charge in [0.2, 0.25) is 0 Å². The molecule has 0 aliphatic carbocycles. The van der Waals surface area contributed by atoms with Crippen LogP contribution in [0.25, 0.3) is 0 Å². The molecule has 0 aromatic carbocycles. The fourth-order valence-electron chi connectivity index (χ4n) is 2.41. The Kier molecular flexibility index (Phi) is 5.24. The predicted octanol–water partition coefficient (Wildman–Crippen LogP) is 3.52. The maximum Gasteiger partial charge on any atom is 0.0285 e. The summed E-state index contributed by atoms with van der Waals surface area (Å²) in [7, 11) is 0. The topological polar surface area (TPSA) is 24.1 Å². The van der Waals surface area contributed by atoms with Gasteiger partial charge in [-0.05, 0) is 41.4 Å². The van der Waals surface area contributed by atoms with Crippen LogP contribution in [0.2, 0.25) is 0 Å². The molecular weight excluding hydrogens is 308 g/mol. The smallest absolute Gasteiger partial charge is 0.0285 e. The Morgan fingerprint density at radius 2 is 2.33 bits per heavy atom. The quantitative estimate of drug-likeness (QED) is 0.863. The molecule has 1 aromatic heterocycles. The molecule has 0 bridgehead atoms. The molecule has 1 aliphatic rings. The van der Waals surface area contributed by atoms with E-state index < -0.39 is 0 Å². The molecule has 0 radical (unpaired) electrons. The minimum atomic E-state index is 0.214. The standard InChI is InChI=1S/C14H23BrN2S/c1-14(2,13-7-11(15)9-18-13)10-16-8-12-5-3-4-6-17-12/h7,9,12,16-17H,3-6,8,10H2,1-2H3. The van der Waals surface area contributed by atoms with Crippen molar-refractivity contribution in [3.05, 3.63) is 20.8 Å². The molecule has 0 saturated carbocycles. The first-order valence-corrected chi connectivity index (χ1v) is 8.44. The van der Waals surface area contributed by atoms with E-state index in [0.717, 1.165) is 13.1 Å². The lowest BCUT2D eigenvalue weighted by atomic mass is 9.91. The zero-order valence-corrected chi connectivity index (χ0v) is 13.7. The summed E-state index contributed by atoms with van der Waals surface area (Å²) < 4.78 is 1.20. The second-order valence-electron chi connectivity index (χ2n) is 5.79. The molecule has 1 fully saturated rings. The molecule has 2 heterocycles. The van der Waals surface area contributed by atoms with Crippen molar-refractivity contribution in [2.75, 3.05) is 19.6 Å². The Balaban J connectivity index is 1.78. The highest BCUT2D eigenvalue weighted by Crippen LogP contribution is 2.30. The molecule has 2 N–H and O–H groups in total. The van der Waals surface area contributed by atoms with Crippen LogP contribution in [0.5, 0.6) is 0 Å². The third-order valence-electron chi connectivity index (χ3n) is 3.60. The molecule has 2 nitrogen and oxygen atoms in total. The third-order valence-corrected chi connectivity index (χ3v) is 5.66. The van der Waals surface area contributed by atoms with Crippen molar-refractivity contribution < 1.29 is 0 Å². The number of hydrogen-bond acceptors (Lipinski definition) is 3. The van der Waals surface area contributed by atoms with E-state index in [-0.39, 0.29) is 5.41 Å². The third kappa shape index (κ3) is 4.05. The molecule has 1 unspecified atom stereocenters. The average molecular weight is 331 g/mol. The van der Waals surface area contributed by atoms with Crippen LogP contribution in [0.4, 0.5) is 0 Å². The monoisotopic (exact) mass is 330 g/mol. The highest BCUT2D eigenvalue weighted by Gasteiger charge is 2.22. The second-order valence-corrected chi connectivity index (χ2v) is 7.62. The van der Waals surface area contributed by atoms with E-state index in [1.165, 1.54) is 35.2 Å². The van der Waals surface area contributed by atoms with E-state index >= 15 is 0 Å². The van der Waals surface area contributed by atoms with E-state index in [2.05, 4.69) is 51.9 Å². The zero-order chi connectivity index (χ0) is 13.0. The SMILES string of the molecule is CC(C)(CNCC1CCCCN1)c1cc(Br)cs1. The molecule has 0 amide bonds. The molecule has 4 heteroatoms. The Morgan fingerprint density at radius 3 is 2.94 bits per heavy atom. The molecule has 1 aromatic rings. The van der Waals surface area contributed by atoms with E-state index in [1.807, 2.05) is 11.3 Å². The fourth-order valence-corrected chi connectivity index (χ4v) is 3.97. The second kappa shape index (κ2) is 6.51. The minimum absolute atomic E-state index is 0.214.